The molecule has 0 aromatic heterocycles. The second kappa shape index (κ2) is 5.51. The summed E-state index contributed by atoms with van der Waals surface area (Å²) in [6, 6.07) is 18.8. The molecule has 1 unspecified atom stereocenters. The third kappa shape index (κ3) is 2.61. The Morgan fingerprint density at radius 3 is 2.41 bits per heavy atom. The van der Waals surface area contributed by atoms with Crippen LogP contribution < -0.4 is 4.74 Å². The molecule has 2 aromatic rings. The van der Waals surface area contributed by atoms with Crippen LogP contribution in [0.3, 0.4) is 0 Å². The molecule has 17 heavy (non-hydrogen) atoms. The maximum atomic E-state index is 6.02. The fourth-order valence-corrected chi connectivity index (χ4v) is 2.23. The van der Waals surface area contributed by atoms with Gasteiger partial charge in [-0.2, -0.15) is 0 Å². The fourth-order valence-electron chi connectivity index (χ4n) is 2.23. The first kappa shape index (κ1) is 12.4. The standard InChI is InChI=1S/C15H14O.Mo/c1-2-6-12(7-3-1)15-11-10-13-8-4-5-9-14(13)16-15;/h1-9,15H,10-11H2;. The molecule has 0 fully saturated rings. The Hall–Kier alpha value is -1.07. The van der Waals surface area contributed by atoms with Crippen molar-refractivity contribution in [1.82, 2.24) is 0 Å². The average molecular weight is 306 g/mol. The summed E-state index contributed by atoms with van der Waals surface area (Å²) in [5, 5.41) is 0. The van der Waals surface area contributed by atoms with E-state index in [0.717, 1.165) is 18.6 Å². The van der Waals surface area contributed by atoms with E-state index in [2.05, 4.69) is 42.5 Å². The molecule has 0 saturated carbocycles. The van der Waals surface area contributed by atoms with Gasteiger partial charge in [0, 0.05) is 21.1 Å². The van der Waals surface area contributed by atoms with E-state index in [9.17, 15) is 0 Å². The number of benzene rings is 2. The number of ether oxygens (including phenoxy) is 1. The summed E-state index contributed by atoms with van der Waals surface area (Å²) in [6.07, 6.45) is 2.40. The molecule has 1 heterocycles. The van der Waals surface area contributed by atoms with Gasteiger partial charge in [0.05, 0.1) is 0 Å². The van der Waals surface area contributed by atoms with Gasteiger partial charge in [0.2, 0.25) is 0 Å². The van der Waals surface area contributed by atoms with E-state index in [1.54, 1.807) is 0 Å². The zero-order valence-corrected chi connectivity index (χ0v) is 11.5. The normalized spacial score (nSPS) is 17.5. The van der Waals surface area contributed by atoms with Gasteiger partial charge in [-0.15, -0.1) is 0 Å². The molecule has 0 N–H and O–H groups in total. The Morgan fingerprint density at radius 1 is 0.882 bits per heavy atom. The van der Waals surface area contributed by atoms with Crippen molar-refractivity contribution < 1.29 is 25.8 Å². The van der Waals surface area contributed by atoms with Gasteiger partial charge < -0.3 is 4.74 Å². The van der Waals surface area contributed by atoms with Crippen molar-refractivity contribution in [2.45, 2.75) is 18.9 Å². The molecule has 0 radical (unpaired) electrons. The second-order valence-corrected chi connectivity index (χ2v) is 4.16. The summed E-state index contributed by atoms with van der Waals surface area (Å²) >= 11 is 0. The van der Waals surface area contributed by atoms with E-state index in [1.165, 1.54) is 11.1 Å². The molecule has 2 heteroatoms. The van der Waals surface area contributed by atoms with Crippen molar-refractivity contribution in [2.75, 3.05) is 0 Å². The molecule has 1 aliphatic heterocycles. The Bertz CT molecular complexity index is 481. The van der Waals surface area contributed by atoms with Gasteiger partial charge in [-0.1, -0.05) is 48.5 Å². The van der Waals surface area contributed by atoms with Crippen molar-refractivity contribution in [3.63, 3.8) is 0 Å². The van der Waals surface area contributed by atoms with Crippen molar-refractivity contribution >= 4 is 0 Å². The summed E-state index contributed by atoms with van der Waals surface area (Å²) < 4.78 is 6.02. The van der Waals surface area contributed by atoms with E-state index in [-0.39, 0.29) is 27.2 Å². The van der Waals surface area contributed by atoms with Crippen LogP contribution in [0.2, 0.25) is 0 Å². The van der Waals surface area contributed by atoms with Crippen LogP contribution in [-0.2, 0) is 27.5 Å². The number of para-hydroxylation sites is 1. The minimum absolute atomic E-state index is 0. The summed E-state index contributed by atoms with van der Waals surface area (Å²) in [7, 11) is 0. The molecule has 1 nitrogen and oxygen atoms in total. The summed E-state index contributed by atoms with van der Waals surface area (Å²) in [5.41, 5.74) is 2.60. The fraction of sp³-hybridized carbons (Fsp3) is 0.200. The van der Waals surface area contributed by atoms with E-state index in [0.29, 0.717) is 0 Å². The van der Waals surface area contributed by atoms with Crippen molar-refractivity contribution in [3.05, 3.63) is 65.7 Å². The maximum Gasteiger partial charge on any atom is 0.124 e. The molecular weight excluding hydrogens is 292 g/mol. The zero-order valence-electron chi connectivity index (χ0n) is 9.50. The molecule has 0 aliphatic carbocycles. The Morgan fingerprint density at radius 2 is 1.59 bits per heavy atom. The van der Waals surface area contributed by atoms with E-state index in [1.807, 2.05) is 12.1 Å². The molecule has 1 atom stereocenters. The monoisotopic (exact) mass is 308 g/mol. The predicted molar refractivity (Wildman–Crippen MR) is 64.6 cm³/mol. The van der Waals surface area contributed by atoms with Gasteiger partial charge in [0.25, 0.3) is 0 Å². The minimum atomic E-state index is 0. The minimum Gasteiger partial charge on any atom is -0.485 e. The molecule has 1 aliphatic rings. The number of hydrogen-bond acceptors (Lipinski definition) is 1. The first-order valence-electron chi connectivity index (χ1n) is 5.73. The topological polar surface area (TPSA) is 9.23 Å². The maximum absolute atomic E-state index is 6.02. The molecule has 2 aromatic carbocycles. The van der Waals surface area contributed by atoms with Gasteiger partial charge in [-0.05, 0) is 30.0 Å². The Labute approximate surface area is 116 Å². The van der Waals surface area contributed by atoms with Gasteiger partial charge in [-0.25, -0.2) is 0 Å². The molecule has 0 spiro atoms. The first-order valence-corrected chi connectivity index (χ1v) is 5.73. The van der Waals surface area contributed by atoms with Crippen LogP contribution in [-0.4, -0.2) is 0 Å². The third-order valence-electron chi connectivity index (χ3n) is 3.09. The van der Waals surface area contributed by atoms with Gasteiger partial charge >= 0.3 is 0 Å². The van der Waals surface area contributed by atoms with E-state index >= 15 is 0 Å². The summed E-state index contributed by atoms with van der Waals surface area (Å²) in [5.74, 6) is 1.04. The van der Waals surface area contributed by atoms with Crippen LogP contribution in [0.1, 0.15) is 23.7 Å². The Kier molecular flexibility index (Phi) is 4.01. The summed E-state index contributed by atoms with van der Waals surface area (Å²) in [4.78, 5) is 0. The van der Waals surface area contributed by atoms with Crippen LogP contribution in [0.5, 0.6) is 5.75 Å². The number of aryl methyl sites for hydroxylation is 1. The molecule has 0 amide bonds. The predicted octanol–water partition coefficient (Wildman–Crippen LogP) is 3.75. The zero-order chi connectivity index (χ0) is 10.8. The first-order chi connectivity index (χ1) is 7.93. The largest absolute Gasteiger partial charge is 0.485 e. The molecule has 0 bridgehead atoms. The van der Waals surface area contributed by atoms with Crippen LogP contribution in [0.15, 0.2) is 54.6 Å². The van der Waals surface area contributed by atoms with Crippen LogP contribution in [0, 0.1) is 0 Å². The van der Waals surface area contributed by atoms with E-state index in [4.69, 9.17) is 4.74 Å². The van der Waals surface area contributed by atoms with Crippen LogP contribution in [0.4, 0.5) is 0 Å². The van der Waals surface area contributed by atoms with Crippen molar-refractivity contribution in [2.24, 2.45) is 0 Å². The molecular formula is C15H14MoO. The van der Waals surface area contributed by atoms with Crippen LogP contribution in [0.25, 0.3) is 0 Å². The smallest absolute Gasteiger partial charge is 0.124 e. The quantitative estimate of drug-likeness (QED) is 0.729. The molecule has 3 rings (SSSR count). The number of fused-ring (bicyclic) bond motifs is 1. The third-order valence-corrected chi connectivity index (χ3v) is 3.09. The second-order valence-electron chi connectivity index (χ2n) is 4.16. The van der Waals surface area contributed by atoms with E-state index < -0.39 is 0 Å². The average Bonchev–Trinajstić information content (AvgIpc) is 2.39. The summed E-state index contributed by atoms with van der Waals surface area (Å²) in [6.45, 7) is 0. The van der Waals surface area contributed by atoms with Crippen molar-refractivity contribution in [1.29, 1.82) is 0 Å². The van der Waals surface area contributed by atoms with Crippen molar-refractivity contribution in [3.8, 4) is 5.75 Å². The SMILES string of the molecule is [Mo].c1ccc(C2CCc3ccccc3O2)cc1. The molecule has 0 saturated heterocycles. The molecule has 86 valence electrons. The van der Waals surface area contributed by atoms with Gasteiger partial charge in [0.15, 0.2) is 0 Å². The number of hydrogen-bond donors (Lipinski definition) is 0. The van der Waals surface area contributed by atoms with Gasteiger partial charge in [0.1, 0.15) is 11.9 Å². The number of rotatable bonds is 1. The van der Waals surface area contributed by atoms with Gasteiger partial charge in [-0.3, -0.25) is 0 Å². The Balaban J connectivity index is 0.00000108. The van der Waals surface area contributed by atoms with Crippen LogP contribution >= 0.6 is 0 Å².